The smallest absolute Gasteiger partial charge is 0.343 e. The van der Waals surface area contributed by atoms with Gasteiger partial charge in [-0.05, 0) is 31.0 Å². The third-order valence-corrected chi connectivity index (χ3v) is 7.01. The molecule has 1 atom stereocenters. The van der Waals surface area contributed by atoms with Crippen molar-refractivity contribution in [2.75, 3.05) is 11.9 Å². The number of alkyl halides is 3. The summed E-state index contributed by atoms with van der Waals surface area (Å²) in [6.45, 7) is 3.60. The number of anilines is 1. The van der Waals surface area contributed by atoms with Crippen LogP contribution in [0.25, 0.3) is 0 Å². The largest absolute Gasteiger partial charge is 0.435 e. The van der Waals surface area contributed by atoms with E-state index in [4.69, 9.17) is 23.2 Å². The van der Waals surface area contributed by atoms with Crippen molar-refractivity contribution in [3.63, 3.8) is 0 Å². The number of aromatic nitrogens is 2. The molecule has 0 saturated heterocycles. The van der Waals surface area contributed by atoms with E-state index in [0.717, 1.165) is 17.2 Å². The topological polar surface area (TPSA) is 76.0 Å². The van der Waals surface area contributed by atoms with Crippen molar-refractivity contribution < 1.29 is 21.6 Å². The SMILES string of the molecule is CCCCNS(=O)(=O)C1=C(C)Nc2cc(C(F)(F)F)nn2C1c1ccc(Cl)c(Cl)c1. The molecule has 12 heteroatoms. The van der Waals surface area contributed by atoms with Crippen molar-refractivity contribution in [3.8, 4) is 0 Å². The summed E-state index contributed by atoms with van der Waals surface area (Å²) in [5, 5.41) is 6.76. The zero-order chi connectivity index (χ0) is 22.3. The van der Waals surface area contributed by atoms with Gasteiger partial charge in [0.1, 0.15) is 16.8 Å². The first-order chi connectivity index (χ1) is 14.0. The summed E-state index contributed by atoms with van der Waals surface area (Å²) in [6, 6.07) is 4.07. The minimum absolute atomic E-state index is 0.0170. The average Bonchev–Trinajstić information content (AvgIpc) is 3.07. The number of hydrogen-bond donors (Lipinski definition) is 2. The summed E-state index contributed by atoms with van der Waals surface area (Å²) in [6.07, 6.45) is -3.31. The summed E-state index contributed by atoms with van der Waals surface area (Å²) < 4.78 is 69.5. The van der Waals surface area contributed by atoms with E-state index in [9.17, 15) is 21.6 Å². The highest BCUT2D eigenvalue weighted by Gasteiger charge is 2.41. The molecule has 0 amide bonds. The predicted molar refractivity (Wildman–Crippen MR) is 110 cm³/mol. The van der Waals surface area contributed by atoms with Gasteiger partial charge in [-0.15, -0.1) is 0 Å². The minimum Gasteiger partial charge on any atom is -0.343 e. The molecule has 164 valence electrons. The number of allylic oxidation sites excluding steroid dienone is 2. The number of unbranched alkanes of at least 4 members (excludes halogenated alkanes) is 1. The Balaban J connectivity index is 2.19. The number of fused-ring (bicyclic) bond motifs is 1. The molecule has 0 bridgehead atoms. The molecule has 2 aromatic rings. The van der Waals surface area contributed by atoms with E-state index in [1.807, 2.05) is 6.92 Å². The van der Waals surface area contributed by atoms with E-state index in [0.29, 0.717) is 12.0 Å². The van der Waals surface area contributed by atoms with E-state index in [1.165, 1.54) is 25.1 Å². The molecule has 0 aliphatic carbocycles. The Labute approximate surface area is 182 Å². The van der Waals surface area contributed by atoms with Crippen LogP contribution in [0.4, 0.5) is 19.0 Å². The lowest BCUT2D eigenvalue weighted by Crippen LogP contribution is -2.35. The first kappa shape index (κ1) is 22.9. The van der Waals surface area contributed by atoms with Gasteiger partial charge in [-0.2, -0.15) is 18.3 Å². The Morgan fingerprint density at radius 1 is 1.23 bits per heavy atom. The van der Waals surface area contributed by atoms with Gasteiger partial charge in [0.05, 0.1) is 10.0 Å². The zero-order valence-electron chi connectivity index (χ0n) is 16.0. The van der Waals surface area contributed by atoms with Crippen molar-refractivity contribution >= 4 is 39.0 Å². The quantitative estimate of drug-likeness (QED) is 0.556. The highest BCUT2D eigenvalue weighted by molar-refractivity contribution is 7.93. The summed E-state index contributed by atoms with van der Waals surface area (Å²) in [5.41, 5.74) is -0.615. The third kappa shape index (κ3) is 4.46. The van der Waals surface area contributed by atoms with Crippen LogP contribution in [0.1, 0.15) is 44.0 Å². The maximum Gasteiger partial charge on any atom is 0.435 e. The van der Waals surface area contributed by atoms with Crippen LogP contribution in [-0.2, 0) is 16.2 Å². The van der Waals surface area contributed by atoms with Gasteiger partial charge >= 0.3 is 6.18 Å². The van der Waals surface area contributed by atoms with E-state index >= 15 is 0 Å². The number of hydrogen-bond acceptors (Lipinski definition) is 4. The second-order valence-corrected chi connectivity index (χ2v) is 9.35. The van der Waals surface area contributed by atoms with Crippen molar-refractivity contribution in [2.45, 2.75) is 38.9 Å². The van der Waals surface area contributed by atoms with Gasteiger partial charge < -0.3 is 5.32 Å². The Bertz CT molecular complexity index is 1100. The molecule has 3 rings (SSSR count). The fourth-order valence-electron chi connectivity index (χ4n) is 3.18. The van der Waals surface area contributed by atoms with Crippen LogP contribution in [0, 0.1) is 0 Å². The second-order valence-electron chi connectivity index (χ2n) is 6.80. The van der Waals surface area contributed by atoms with Gasteiger partial charge in [0.25, 0.3) is 0 Å². The maximum atomic E-state index is 13.3. The number of rotatable bonds is 6. The molecular weight excluding hydrogens is 464 g/mol. The van der Waals surface area contributed by atoms with Crippen LogP contribution in [-0.4, -0.2) is 24.7 Å². The molecule has 0 saturated carbocycles. The third-order valence-electron chi connectivity index (χ3n) is 4.58. The number of sulfonamides is 1. The van der Waals surface area contributed by atoms with Gasteiger partial charge in [0.15, 0.2) is 5.69 Å². The van der Waals surface area contributed by atoms with E-state index in [1.54, 1.807) is 0 Å². The summed E-state index contributed by atoms with van der Waals surface area (Å²) >= 11 is 12.1. The molecule has 0 radical (unpaired) electrons. The maximum absolute atomic E-state index is 13.3. The molecule has 30 heavy (non-hydrogen) atoms. The van der Waals surface area contributed by atoms with Crippen LogP contribution in [0.5, 0.6) is 0 Å². The molecular formula is C18H19Cl2F3N4O2S. The standard InChI is InChI=1S/C18H19Cl2F3N4O2S/c1-3-4-7-24-30(28,29)17-10(2)25-15-9-14(18(21,22)23)26-27(15)16(17)11-5-6-12(19)13(20)8-11/h5-6,8-9,16,24-25H,3-4,7H2,1-2H3. The Kier molecular flexibility index (Phi) is 6.43. The van der Waals surface area contributed by atoms with Crippen molar-refractivity contribution in [3.05, 3.63) is 56.2 Å². The first-order valence-corrected chi connectivity index (χ1v) is 11.3. The minimum atomic E-state index is -4.69. The Morgan fingerprint density at radius 2 is 1.93 bits per heavy atom. The fraction of sp³-hybridized carbons (Fsp3) is 0.389. The lowest BCUT2D eigenvalue weighted by molar-refractivity contribution is -0.141. The number of nitrogens with zero attached hydrogens (tertiary/aromatic N) is 2. The van der Waals surface area contributed by atoms with Crippen molar-refractivity contribution in [1.29, 1.82) is 0 Å². The van der Waals surface area contributed by atoms with E-state index < -0.39 is 27.9 Å². The Hall–Kier alpha value is -1.75. The predicted octanol–water partition coefficient (Wildman–Crippen LogP) is 5.17. The number of nitrogens with one attached hydrogen (secondary N) is 2. The molecule has 1 aliphatic heterocycles. The Morgan fingerprint density at radius 3 is 2.53 bits per heavy atom. The molecule has 1 unspecified atom stereocenters. The first-order valence-electron chi connectivity index (χ1n) is 9.05. The van der Waals surface area contributed by atoms with E-state index in [-0.39, 0.29) is 33.0 Å². The molecule has 2 heterocycles. The number of halogens is 5. The molecule has 1 aromatic heterocycles. The van der Waals surface area contributed by atoms with Crippen LogP contribution in [0.15, 0.2) is 34.9 Å². The van der Waals surface area contributed by atoms with Crippen molar-refractivity contribution in [2.24, 2.45) is 0 Å². The highest BCUT2D eigenvalue weighted by atomic mass is 35.5. The molecule has 2 N–H and O–H groups in total. The molecule has 0 spiro atoms. The van der Waals surface area contributed by atoms with Crippen LogP contribution < -0.4 is 10.0 Å². The lowest BCUT2D eigenvalue weighted by Gasteiger charge is -2.30. The average molecular weight is 483 g/mol. The van der Waals surface area contributed by atoms with Gasteiger partial charge in [-0.3, -0.25) is 0 Å². The molecule has 6 nitrogen and oxygen atoms in total. The molecule has 0 fully saturated rings. The van der Waals surface area contributed by atoms with Gasteiger partial charge in [0.2, 0.25) is 10.0 Å². The highest BCUT2D eigenvalue weighted by Crippen LogP contribution is 2.41. The summed E-state index contributed by atoms with van der Waals surface area (Å²) in [4.78, 5) is -0.138. The van der Waals surface area contributed by atoms with Crippen LogP contribution >= 0.6 is 23.2 Å². The molecule has 1 aromatic carbocycles. The second kappa shape index (κ2) is 8.41. The van der Waals surface area contributed by atoms with E-state index in [2.05, 4.69) is 15.1 Å². The molecule has 1 aliphatic rings. The zero-order valence-corrected chi connectivity index (χ0v) is 18.3. The lowest BCUT2D eigenvalue weighted by atomic mass is 10.0. The van der Waals surface area contributed by atoms with Crippen LogP contribution in [0.3, 0.4) is 0 Å². The normalized spacial score (nSPS) is 17.1. The van der Waals surface area contributed by atoms with Crippen LogP contribution in [0.2, 0.25) is 10.0 Å². The van der Waals surface area contributed by atoms with Crippen molar-refractivity contribution in [1.82, 2.24) is 14.5 Å². The van der Waals surface area contributed by atoms with Gasteiger partial charge in [0, 0.05) is 18.3 Å². The fourth-order valence-corrected chi connectivity index (χ4v) is 5.04. The number of benzene rings is 1. The van der Waals surface area contributed by atoms with Gasteiger partial charge in [-0.1, -0.05) is 42.6 Å². The summed E-state index contributed by atoms with van der Waals surface area (Å²) in [7, 11) is -4.05. The monoisotopic (exact) mass is 482 g/mol. The van der Waals surface area contributed by atoms with Gasteiger partial charge in [-0.25, -0.2) is 17.8 Å². The summed E-state index contributed by atoms with van der Waals surface area (Å²) in [5.74, 6) is 0.0170.